The van der Waals surface area contributed by atoms with E-state index >= 15 is 0 Å². The molecule has 0 aromatic rings. The highest BCUT2D eigenvalue weighted by Gasteiger charge is 2.32. The molecule has 0 aromatic carbocycles. The van der Waals surface area contributed by atoms with Crippen LogP contribution in [0.25, 0.3) is 0 Å². The molecule has 1 saturated carbocycles. The fraction of sp³-hybridized carbons (Fsp3) is 1.00. The lowest BCUT2D eigenvalue weighted by molar-refractivity contribution is -0.00113. The van der Waals surface area contributed by atoms with Crippen molar-refractivity contribution in [3.63, 3.8) is 0 Å². The third kappa shape index (κ3) is 6.13. The zero-order valence-electron chi connectivity index (χ0n) is 14.4. The monoisotopic (exact) mass is 283 g/mol. The first-order valence-electron chi connectivity index (χ1n) is 8.86. The van der Waals surface area contributed by atoms with Gasteiger partial charge in [0.15, 0.2) is 0 Å². The van der Waals surface area contributed by atoms with Crippen LogP contribution in [-0.4, -0.2) is 35.2 Å². The van der Waals surface area contributed by atoms with Gasteiger partial charge in [-0.3, -0.25) is 4.90 Å². The Hall–Kier alpha value is -0.0800. The third-order valence-corrected chi connectivity index (χ3v) is 4.92. The molecular formula is C18H37NO. The maximum atomic E-state index is 10.4. The van der Waals surface area contributed by atoms with Gasteiger partial charge < -0.3 is 5.11 Å². The highest BCUT2D eigenvalue weighted by atomic mass is 16.3. The average molecular weight is 284 g/mol. The molecule has 1 N–H and O–H groups in total. The predicted molar refractivity (Wildman–Crippen MR) is 87.9 cm³/mol. The molecule has 0 aliphatic heterocycles. The second kappa shape index (κ2) is 9.04. The van der Waals surface area contributed by atoms with Crippen molar-refractivity contribution in [2.45, 2.75) is 85.3 Å². The van der Waals surface area contributed by atoms with Crippen LogP contribution in [0.5, 0.6) is 0 Å². The molecule has 0 radical (unpaired) electrons. The Labute approximate surface area is 126 Å². The predicted octanol–water partition coefficient (Wildman–Crippen LogP) is 4.32. The fourth-order valence-electron chi connectivity index (χ4n) is 3.27. The summed E-state index contributed by atoms with van der Waals surface area (Å²) in [6.45, 7) is 13.8. The van der Waals surface area contributed by atoms with Crippen LogP contribution in [0.15, 0.2) is 0 Å². The van der Waals surface area contributed by atoms with E-state index in [4.69, 9.17) is 0 Å². The van der Waals surface area contributed by atoms with Crippen molar-refractivity contribution in [1.82, 2.24) is 4.90 Å². The summed E-state index contributed by atoms with van der Waals surface area (Å²) in [6.07, 6.45) is 7.09. The molecule has 0 spiro atoms. The maximum absolute atomic E-state index is 10.4. The minimum atomic E-state index is -0.0999. The Bertz CT molecular complexity index is 240. The Balaban J connectivity index is 2.62. The molecule has 2 nitrogen and oxygen atoms in total. The normalized spacial score (nSPS) is 27.8. The number of nitrogens with zero attached hydrogens (tertiary/aromatic N) is 1. The van der Waals surface area contributed by atoms with E-state index in [-0.39, 0.29) is 6.10 Å². The van der Waals surface area contributed by atoms with Gasteiger partial charge in [-0.25, -0.2) is 0 Å². The van der Waals surface area contributed by atoms with E-state index in [0.29, 0.717) is 6.04 Å². The van der Waals surface area contributed by atoms with Gasteiger partial charge in [0.05, 0.1) is 6.10 Å². The standard InChI is InChI=1S/C18H37NO/c1-6-16-7-8-18(20)17(13-16)19(11-9-14(2)3)12-10-15(4)5/h14-18,20H,6-13H2,1-5H3. The van der Waals surface area contributed by atoms with Crippen LogP contribution in [0.3, 0.4) is 0 Å². The molecule has 0 aromatic heterocycles. The quantitative estimate of drug-likeness (QED) is 0.717. The van der Waals surface area contributed by atoms with E-state index in [0.717, 1.165) is 37.3 Å². The van der Waals surface area contributed by atoms with E-state index in [1.807, 2.05) is 0 Å². The third-order valence-electron chi connectivity index (χ3n) is 4.92. The van der Waals surface area contributed by atoms with E-state index in [1.165, 1.54) is 32.1 Å². The lowest BCUT2D eigenvalue weighted by Crippen LogP contribution is -2.48. The van der Waals surface area contributed by atoms with Crippen LogP contribution >= 0.6 is 0 Å². The molecular weight excluding hydrogens is 246 g/mol. The molecule has 1 fully saturated rings. The van der Waals surface area contributed by atoms with Gasteiger partial charge in [0.25, 0.3) is 0 Å². The number of hydrogen-bond acceptors (Lipinski definition) is 2. The van der Waals surface area contributed by atoms with Crippen LogP contribution in [0.4, 0.5) is 0 Å². The molecule has 20 heavy (non-hydrogen) atoms. The van der Waals surface area contributed by atoms with Gasteiger partial charge in [0, 0.05) is 6.04 Å². The zero-order chi connectivity index (χ0) is 15.1. The molecule has 2 heteroatoms. The van der Waals surface area contributed by atoms with Gasteiger partial charge in [-0.1, -0.05) is 41.0 Å². The maximum Gasteiger partial charge on any atom is 0.0695 e. The molecule has 1 aliphatic rings. The summed E-state index contributed by atoms with van der Waals surface area (Å²) in [5.74, 6) is 2.32. The first kappa shape index (κ1) is 18.0. The number of aliphatic hydroxyl groups is 1. The van der Waals surface area contributed by atoms with Crippen molar-refractivity contribution in [3.05, 3.63) is 0 Å². The minimum absolute atomic E-state index is 0.0999. The van der Waals surface area contributed by atoms with Gasteiger partial charge in [0.2, 0.25) is 0 Å². The topological polar surface area (TPSA) is 23.5 Å². The lowest BCUT2D eigenvalue weighted by Gasteiger charge is -2.41. The van der Waals surface area contributed by atoms with Gasteiger partial charge in [-0.05, 0) is 62.9 Å². The smallest absolute Gasteiger partial charge is 0.0695 e. The SMILES string of the molecule is CCC1CCC(O)C(N(CCC(C)C)CCC(C)C)C1. The van der Waals surface area contributed by atoms with E-state index in [1.54, 1.807) is 0 Å². The first-order chi connectivity index (χ1) is 9.43. The summed E-state index contributed by atoms with van der Waals surface area (Å²) in [6, 6.07) is 0.409. The molecule has 3 atom stereocenters. The van der Waals surface area contributed by atoms with Gasteiger partial charge in [0.1, 0.15) is 0 Å². The molecule has 0 saturated heterocycles. The Morgan fingerprint density at radius 1 is 1.00 bits per heavy atom. The van der Waals surface area contributed by atoms with Gasteiger partial charge >= 0.3 is 0 Å². The fourth-order valence-corrected chi connectivity index (χ4v) is 3.27. The van der Waals surface area contributed by atoms with Crippen LogP contribution in [0.2, 0.25) is 0 Å². The summed E-state index contributed by atoms with van der Waals surface area (Å²) in [5, 5.41) is 10.4. The van der Waals surface area contributed by atoms with E-state index in [2.05, 4.69) is 39.5 Å². The highest BCUT2D eigenvalue weighted by molar-refractivity contribution is 4.86. The Morgan fingerprint density at radius 2 is 1.55 bits per heavy atom. The first-order valence-corrected chi connectivity index (χ1v) is 8.86. The van der Waals surface area contributed by atoms with E-state index < -0.39 is 0 Å². The van der Waals surface area contributed by atoms with Gasteiger partial charge in [-0.15, -0.1) is 0 Å². The number of hydrogen-bond donors (Lipinski definition) is 1. The van der Waals surface area contributed by atoms with Crippen molar-refractivity contribution in [3.8, 4) is 0 Å². The summed E-state index contributed by atoms with van der Waals surface area (Å²) >= 11 is 0. The second-order valence-corrected chi connectivity index (χ2v) is 7.62. The van der Waals surface area contributed by atoms with Gasteiger partial charge in [-0.2, -0.15) is 0 Å². The molecule has 1 aliphatic carbocycles. The average Bonchev–Trinajstić information content (AvgIpc) is 2.39. The molecule has 3 unspecified atom stereocenters. The highest BCUT2D eigenvalue weighted by Crippen LogP contribution is 2.30. The van der Waals surface area contributed by atoms with Crippen molar-refractivity contribution < 1.29 is 5.11 Å². The summed E-state index contributed by atoms with van der Waals surface area (Å²) in [5.41, 5.74) is 0. The van der Waals surface area contributed by atoms with Crippen LogP contribution < -0.4 is 0 Å². The van der Waals surface area contributed by atoms with E-state index in [9.17, 15) is 5.11 Å². The zero-order valence-corrected chi connectivity index (χ0v) is 14.4. The van der Waals surface area contributed by atoms with Crippen LogP contribution in [0.1, 0.15) is 73.1 Å². The van der Waals surface area contributed by atoms with Crippen molar-refractivity contribution in [2.75, 3.05) is 13.1 Å². The van der Waals surface area contributed by atoms with Crippen molar-refractivity contribution in [1.29, 1.82) is 0 Å². The summed E-state index contributed by atoms with van der Waals surface area (Å²) in [4.78, 5) is 2.60. The second-order valence-electron chi connectivity index (χ2n) is 7.62. The Morgan fingerprint density at radius 3 is 2.00 bits per heavy atom. The molecule has 120 valence electrons. The van der Waals surface area contributed by atoms with Crippen molar-refractivity contribution in [2.24, 2.45) is 17.8 Å². The van der Waals surface area contributed by atoms with Crippen LogP contribution in [-0.2, 0) is 0 Å². The molecule has 0 heterocycles. The molecule has 0 amide bonds. The number of aliphatic hydroxyl groups excluding tert-OH is 1. The van der Waals surface area contributed by atoms with Crippen LogP contribution in [0, 0.1) is 17.8 Å². The summed E-state index contributed by atoms with van der Waals surface area (Å²) in [7, 11) is 0. The summed E-state index contributed by atoms with van der Waals surface area (Å²) < 4.78 is 0. The van der Waals surface area contributed by atoms with Crippen molar-refractivity contribution >= 4 is 0 Å². The number of rotatable bonds is 8. The minimum Gasteiger partial charge on any atom is -0.391 e. The Kier molecular flexibility index (Phi) is 8.13. The molecule has 0 bridgehead atoms. The lowest BCUT2D eigenvalue weighted by atomic mass is 9.81. The largest absolute Gasteiger partial charge is 0.391 e. The molecule has 1 rings (SSSR count).